The molecule has 0 spiro atoms. The molecule has 0 bridgehead atoms. The number of aromatic nitrogens is 2. The van der Waals surface area contributed by atoms with Crippen molar-refractivity contribution >= 4 is 30.5 Å². The highest BCUT2D eigenvalue weighted by atomic mass is 35.5. The normalized spacial score (nSPS) is 9.77. The number of hydrogen-bond acceptors (Lipinski definition) is 3. The third-order valence-electron chi connectivity index (χ3n) is 3.25. The van der Waals surface area contributed by atoms with Crippen LogP contribution in [0.2, 0.25) is 0 Å². The van der Waals surface area contributed by atoms with E-state index in [0.717, 1.165) is 26.1 Å². The number of aryl methyl sites for hydroxylation is 1. The number of nitrogens with zero attached hydrogens (tertiary/aromatic N) is 3. The van der Waals surface area contributed by atoms with Crippen molar-refractivity contribution in [3.63, 3.8) is 0 Å². The highest BCUT2D eigenvalue weighted by Gasteiger charge is 1.99. The third-order valence-corrected chi connectivity index (χ3v) is 3.25. The molecule has 1 aromatic heterocycles. The number of benzene rings is 1. The molecule has 0 unspecified atom stereocenters. The zero-order valence-electron chi connectivity index (χ0n) is 13.5. The van der Waals surface area contributed by atoms with Crippen molar-refractivity contribution in [1.82, 2.24) is 15.1 Å². The molecule has 2 rings (SSSR count). The molecule has 0 saturated heterocycles. The summed E-state index contributed by atoms with van der Waals surface area (Å²) in [5.41, 5.74) is 3.77. The molecule has 0 fully saturated rings. The molecule has 0 aliphatic heterocycles. The van der Waals surface area contributed by atoms with Crippen LogP contribution < -0.4 is 10.2 Å². The summed E-state index contributed by atoms with van der Waals surface area (Å²) in [7, 11) is 4.11. The average molecular weight is 345 g/mol. The second-order valence-corrected chi connectivity index (χ2v) is 5.28. The van der Waals surface area contributed by atoms with Gasteiger partial charge >= 0.3 is 0 Å². The number of hydrogen-bond donors (Lipinski definition) is 1. The van der Waals surface area contributed by atoms with Crippen molar-refractivity contribution in [3.8, 4) is 0 Å². The van der Waals surface area contributed by atoms with Gasteiger partial charge in [-0.15, -0.1) is 24.8 Å². The van der Waals surface area contributed by atoms with E-state index < -0.39 is 0 Å². The van der Waals surface area contributed by atoms with E-state index in [1.54, 1.807) is 0 Å². The fourth-order valence-electron chi connectivity index (χ4n) is 2.11. The standard InChI is InChI=1S/C16H24N4.2ClH/c1-4-9-20-13-15(12-18-20)11-17-10-14-5-7-16(8-6-14)19(2)3;;/h5-8,12-13,17H,4,9-11H2,1-3H3;2*1H. The summed E-state index contributed by atoms with van der Waals surface area (Å²) < 4.78 is 2.00. The summed E-state index contributed by atoms with van der Waals surface area (Å²) in [5, 5.41) is 7.79. The molecule has 4 nitrogen and oxygen atoms in total. The van der Waals surface area contributed by atoms with Crippen LogP contribution in [0.15, 0.2) is 36.7 Å². The molecule has 6 heteroatoms. The molecule has 1 N–H and O–H groups in total. The van der Waals surface area contributed by atoms with Gasteiger partial charge in [0.25, 0.3) is 0 Å². The second-order valence-electron chi connectivity index (χ2n) is 5.28. The predicted molar refractivity (Wildman–Crippen MR) is 98.3 cm³/mol. The van der Waals surface area contributed by atoms with Crippen LogP contribution in [0.25, 0.3) is 0 Å². The first-order valence-corrected chi connectivity index (χ1v) is 7.17. The maximum Gasteiger partial charge on any atom is 0.0534 e. The van der Waals surface area contributed by atoms with Crippen LogP contribution in [-0.4, -0.2) is 23.9 Å². The summed E-state index contributed by atoms with van der Waals surface area (Å²) >= 11 is 0. The molecule has 0 radical (unpaired) electrons. The van der Waals surface area contributed by atoms with E-state index in [1.165, 1.54) is 16.8 Å². The topological polar surface area (TPSA) is 33.1 Å². The molecule has 22 heavy (non-hydrogen) atoms. The van der Waals surface area contributed by atoms with Gasteiger partial charge in [-0.1, -0.05) is 19.1 Å². The fraction of sp³-hybridized carbons (Fsp3) is 0.438. The van der Waals surface area contributed by atoms with E-state index >= 15 is 0 Å². The Morgan fingerprint density at radius 3 is 2.27 bits per heavy atom. The number of anilines is 1. The van der Waals surface area contributed by atoms with E-state index in [4.69, 9.17) is 0 Å². The first-order chi connectivity index (χ1) is 9.69. The van der Waals surface area contributed by atoms with Crippen LogP contribution in [0, 0.1) is 0 Å². The largest absolute Gasteiger partial charge is 0.378 e. The average Bonchev–Trinajstić information content (AvgIpc) is 2.87. The van der Waals surface area contributed by atoms with E-state index in [1.807, 2.05) is 10.9 Å². The van der Waals surface area contributed by atoms with E-state index in [2.05, 4.69) is 66.8 Å². The van der Waals surface area contributed by atoms with Crippen LogP contribution >= 0.6 is 24.8 Å². The monoisotopic (exact) mass is 344 g/mol. The van der Waals surface area contributed by atoms with Gasteiger partial charge in [0.2, 0.25) is 0 Å². The zero-order valence-corrected chi connectivity index (χ0v) is 15.1. The Labute approximate surface area is 145 Å². The molecular formula is C16H26Cl2N4. The SMILES string of the molecule is CCCn1cc(CNCc2ccc(N(C)C)cc2)cn1.Cl.Cl. The summed E-state index contributed by atoms with van der Waals surface area (Å²) in [6.07, 6.45) is 5.18. The molecule has 0 amide bonds. The Kier molecular flexibility index (Phi) is 9.90. The van der Waals surface area contributed by atoms with Crippen LogP contribution in [-0.2, 0) is 19.6 Å². The molecule has 2 aromatic rings. The lowest BCUT2D eigenvalue weighted by atomic mass is 10.2. The maximum atomic E-state index is 4.33. The first-order valence-electron chi connectivity index (χ1n) is 7.17. The zero-order chi connectivity index (χ0) is 14.4. The molecule has 124 valence electrons. The van der Waals surface area contributed by atoms with Crippen molar-refractivity contribution < 1.29 is 0 Å². The van der Waals surface area contributed by atoms with Gasteiger partial charge in [-0.2, -0.15) is 5.10 Å². The number of rotatable bonds is 7. The van der Waals surface area contributed by atoms with Crippen LogP contribution in [0.1, 0.15) is 24.5 Å². The van der Waals surface area contributed by atoms with Crippen LogP contribution in [0.3, 0.4) is 0 Å². The van der Waals surface area contributed by atoms with E-state index in [-0.39, 0.29) is 24.8 Å². The quantitative estimate of drug-likeness (QED) is 0.834. The minimum absolute atomic E-state index is 0. The summed E-state index contributed by atoms with van der Waals surface area (Å²) in [5.74, 6) is 0. The molecule has 1 heterocycles. The Balaban J connectivity index is 0.00000220. The summed E-state index contributed by atoms with van der Waals surface area (Å²) in [4.78, 5) is 2.11. The van der Waals surface area contributed by atoms with Gasteiger partial charge < -0.3 is 10.2 Å². The lowest BCUT2D eigenvalue weighted by Gasteiger charge is -2.12. The van der Waals surface area contributed by atoms with Gasteiger partial charge in [0.1, 0.15) is 0 Å². The summed E-state index contributed by atoms with van der Waals surface area (Å²) in [6.45, 7) is 4.90. The first kappa shape index (κ1) is 20.8. The smallest absolute Gasteiger partial charge is 0.0534 e. The minimum atomic E-state index is 0. The molecular weight excluding hydrogens is 319 g/mol. The van der Waals surface area contributed by atoms with Gasteiger partial charge in [0.05, 0.1) is 6.20 Å². The Hall–Kier alpha value is -1.23. The molecule has 0 aliphatic rings. The van der Waals surface area contributed by atoms with E-state index in [0.29, 0.717) is 0 Å². The highest BCUT2D eigenvalue weighted by molar-refractivity contribution is 5.85. The van der Waals surface area contributed by atoms with Gasteiger partial charge in [-0.25, -0.2) is 0 Å². The molecule has 0 atom stereocenters. The van der Waals surface area contributed by atoms with E-state index in [9.17, 15) is 0 Å². The highest BCUT2D eigenvalue weighted by Crippen LogP contribution is 2.12. The Bertz CT molecular complexity index is 523. The lowest BCUT2D eigenvalue weighted by Crippen LogP contribution is -2.13. The van der Waals surface area contributed by atoms with Gasteiger partial charge in [0, 0.05) is 51.2 Å². The molecule has 1 aromatic carbocycles. The van der Waals surface area contributed by atoms with Gasteiger partial charge in [0.15, 0.2) is 0 Å². The van der Waals surface area contributed by atoms with Crippen LogP contribution in [0.4, 0.5) is 5.69 Å². The third kappa shape index (κ3) is 6.26. The minimum Gasteiger partial charge on any atom is -0.378 e. The maximum absolute atomic E-state index is 4.33. The Morgan fingerprint density at radius 1 is 1.05 bits per heavy atom. The second kappa shape index (κ2) is 10.5. The predicted octanol–water partition coefficient (Wildman–Crippen LogP) is 3.49. The van der Waals surface area contributed by atoms with Crippen molar-refractivity contribution in [2.75, 3.05) is 19.0 Å². The van der Waals surface area contributed by atoms with Crippen LogP contribution in [0.5, 0.6) is 0 Å². The van der Waals surface area contributed by atoms with Crippen molar-refractivity contribution in [3.05, 3.63) is 47.8 Å². The molecule has 0 aliphatic carbocycles. The van der Waals surface area contributed by atoms with Crippen molar-refractivity contribution in [2.24, 2.45) is 0 Å². The summed E-state index contributed by atoms with van der Waals surface area (Å²) in [6, 6.07) is 8.64. The number of halogens is 2. The van der Waals surface area contributed by atoms with Gasteiger partial charge in [-0.3, -0.25) is 4.68 Å². The van der Waals surface area contributed by atoms with Crippen molar-refractivity contribution in [1.29, 1.82) is 0 Å². The lowest BCUT2D eigenvalue weighted by molar-refractivity contribution is 0.601. The molecule has 0 saturated carbocycles. The fourth-order valence-corrected chi connectivity index (χ4v) is 2.11. The van der Waals surface area contributed by atoms with Gasteiger partial charge in [-0.05, 0) is 24.1 Å². The van der Waals surface area contributed by atoms with Crippen molar-refractivity contribution in [2.45, 2.75) is 33.0 Å². The Morgan fingerprint density at radius 2 is 1.68 bits per heavy atom. The number of nitrogens with one attached hydrogen (secondary N) is 1.